The summed E-state index contributed by atoms with van der Waals surface area (Å²) in [5, 5.41) is 13.6. The molecule has 0 radical (unpaired) electrons. The highest BCUT2D eigenvalue weighted by molar-refractivity contribution is 5.98. The predicted octanol–water partition coefficient (Wildman–Crippen LogP) is 2.44. The quantitative estimate of drug-likeness (QED) is 0.539. The lowest BCUT2D eigenvalue weighted by molar-refractivity contribution is 0.0941. The van der Waals surface area contributed by atoms with Gasteiger partial charge in [0.05, 0.1) is 18.0 Å². The van der Waals surface area contributed by atoms with Crippen LogP contribution in [0.25, 0.3) is 16.7 Å². The van der Waals surface area contributed by atoms with Gasteiger partial charge in [0.1, 0.15) is 28.7 Å². The van der Waals surface area contributed by atoms with Crippen LogP contribution in [-0.4, -0.2) is 31.3 Å². The number of H-pyrrole nitrogens is 1. The number of nitrogens with zero attached hydrogens (tertiary/aromatic N) is 4. The van der Waals surface area contributed by atoms with E-state index in [9.17, 15) is 9.59 Å². The van der Waals surface area contributed by atoms with Crippen LogP contribution in [0.15, 0.2) is 53.5 Å². The van der Waals surface area contributed by atoms with Crippen molar-refractivity contribution in [2.24, 2.45) is 0 Å². The van der Waals surface area contributed by atoms with Gasteiger partial charge in [-0.15, -0.1) is 5.10 Å². The molecule has 9 heteroatoms. The Morgan fingerprint density at radius 3 is 2.60 bits per heavy atom. The monoisotopic (exact) mass is 402 g/mol. The van der Waals surface area contributed by atoms with E-state index < -0.39 is 5.91 Å². The number of rotatable bonds is 4. The Hall–Kier alpha value is -4.32. The molecule has 30 heavy (non-hydrogen) atoms. The third-order valence-electron chi connectivity index (χ3n) is 4.44. The zero-order chi connectivity index (χ0) is 21.4. The molecule has 0 unspecified atom stereocenters. The number of pyridine rings is 1. The Bertz CT molecular complexity index is 1350. The van der Waals surface area contributed by atoms with Crippen molar-refractivity contribution in [3.63, 3.8) is 0 Å². The van der Waals surface area contributed by atoms with E-state index in [1.54, 1.807) is 36.4 Å². The molecule has 0 amide bonds. The van der Waals surface area contributed by atoms with Gasteiger partial charge in [-0.2, -0.15) is 9.94 Å². The first-order valence-corrected chi connectivity index (χ1v) is 9.19. The predicted molar refractivity (Wildman–Crippen MR) is 111 cm³/mol. The molecule has 4 aromatic rings. The molecule has 150 valence electrons. The van der Waals surface area contributed by atoms with Crippen LogP contribution < -0.4 is 16.0 Å². The fraction of sp³-hybridized carbons (Fsp3) is 0.143. The normalized spacial score (nSPS) is 11.0. The van der Waals surface area contributed by atoms with Crippen LogP contribution in [0.3, 0.4) is 0 Å². The van der Waals surface area contributed by atoms with Gasteiger partial charge >= 0.3 is 0 Å². The molecule has 0 saturated heterocycles. The number of hydrogen-bond acceptors (Lipinski definition) is 6. The average molecular weight is 402 g/mol. The molecule has 1 aromatic carbocycles. The Balaban J connectivity index is 1.78. The minimum absolute atomic E-state index is 0.0254. The van der Waals surface area contributed by atoms with Crippen molar-refractivity contribution < 1.29 is 9.53 Å². The third-order valence-corrected chi connectivity index (χ3v) is 4.44. The van der Waals surface area contributed by atoms with Crippen molar-refractivity contribution in [2.45, 2.75) is 20.0 Å². The van der Waals surface area contributed by atoms with Crippen molar-refractivity contribution in [1.82, 2.24) is 19.3 Å². The van der Waals surface area contributed by atoms with Gasteiger partial charge in [0.25, 0.3) is 11.5 Å². The Kier molecular flexibility index (Phi) is 4.60. The van der Waals surface area contributed by atoms with Gasteiger partial charge in [-0.05, 0) is 50.2 Å². The van der Waals surface area contributed by atoms with Crippen LogP contribution in [0.1, 0.15) is 29.9 Å². The van der Waals surface area contributed by atoms with E-state index in [2.05, 4.69) is 10.1 Å². The molecule has 0 atom stereocenters. The van der Waals surface area contributed by atoms with Gasteiger partial charge in [0.2, 0.25) is 0 Å². The summed E-state index contributed by atoms with van der Waals surface area (Å²) in [6.45, 7) is 3.87. The van der Waals surface area contributed by atoms with Crippen LogP contribution in [0, 0.1) is 11.3 Å². The summed E-state index contributed by atoms with van der Waals surface area (Å²) in [5.41, 5.74) is 6.78. The second-order valence-corrected chi connectivity index (χ2v) is 6.94. The summed E-state index contributed by atoms with van der Waals surface area (Å²) in [6, 6.07) is 13.7. The summed E-state index contributed by atoms with van der Waals surface area (Å²) < 4.78 is 8.12. The number of hydrogen-bond donors (Lipinski definition) is 2. The summed E-state index contributed by atoms with van der Waals surface area (Å²) in [4.78, 5) is 28.4. The van der Waals surface area contributed by atoms with Crippen LogP contribution in [0.4, 0.5) is 5.82 Å². The number of anilines is 1. The van der Waals surface area contributed by atoms with Crippen molar-refractivity contribution >= 4 is 22.8 Å². The van der Waals surface area contributed by atoms with Gasteiger partial charge < -0.3 is 15.5 Å². The second kappa shape index (κ2) is 7.25. The number of aromatic nitrogens is 4. The molecule has 0 aliphatic carbocycles. The van der Waals surface area contributed by atoms with Crippen molar-refractivity contribution in [3.05, 3.63) is 70.3 Å². The molecule has 0 spiro atoms. The summed E-state index contributed by atoms with van der Waals surface area (Å²) in [6.07, 6.45) is 1.31. The maximum absolute atomic E-state index is 12.8. The minimum atomic E-state index is -0.501. The third kappa shape index (κ3) is 3.31. The van der Waals surface area contributed by atoms with Gasteiger partial charge in [-0.3, -0.25) is 14.2 Å². The maximum Gasteiger partial charge on any atom is 0.294 e. The van der Waals surface area contributed by atoms with Gasteiger partial charge in [-0.1, -0.05) is 0 Å². The Morgan fingerprint density at radius 2 is 1.97 bits per heavy atom. The molecule has 3 aromatic heterocycles. The number of aromatic amines is 1. The van der Waals surface area contributed by atoms with E-state index in [0.29, 0.717) is 22.5 Å². The van der Waals surface area contributed by atoms with E-state index >= 15 is 0 Å². The number of ether oxygens (including phenoxy) is 1. The standard InChI is InChI=1S/C21H18N6O3/c1-12(2)30-16-6-4-15(5-7-16)27-18(28)8-3-13-9-17(24-20(13)27)21(29)26-11-14(10-22)19(23)25-26/h3-9,11-12,24H,1-2H3,(H2,23,25). The summed E-state index contributed by atoms with van der Waals surface area (Å²) >= 11 is 0. The molecule has 0 aliphatic rings. The van der Waals surface area contributed by atoms with Crippen LogP contribution >= 0.6 is 0 Å². The van der Waals surface area contributed by atoms with E-state index in [-0.39, 0.29) is 28.7 Å². The first kappa shape index (κ1) is 19.0. The zero-order valence-electron chi connectivity index (χ0n) is 16.3. The number of nitrogen functional groups attached to an aromatic ring is 1. The molecule has 3 heterocycles. The lowest BCUT2D eigenvalue weighted by Crippen LogP contribution is -2.18. The fourth-order valence-electron chi connectivity index (χ4n) is 3.14. The van der Waals surface area contributed by atoms with Crippen LogP contribution in [0.5, 0.6) is 5.75 Å². The summed E-state index contributed by atoms with van der Waals surface area (Å²) in [5.74, 6) is 0.169. The highest BCUT2D eigenvalue weighted by Crippen LogP contribution is 2.21. The zero-order valence-corrected chi connectivity index (χ0v) is 16.3. The largest absolute Gasteiger partial charge is 0.491 e. The number of nitrogens with two attached hydrogens (primary N) is 1. The smallest absolute Gasteiger partial charge is 0.294 e. The Labute approximate surface area is 170 Å². The first-order valence-electron chi connectivity index (χ1n) is 9.19. The highest BCUT2D eigenvalue weighted by Gasteiger charge is 2.17. The van der Waals surface area contributed by atoms with E-state index in [0.717, 1.165) is 4.68 Å². The lowest BCUT2D eigenvalue weighted by Gasteiger charge is -2.11. The summed E-state index contributed by atoms with van der Waals surface area (Å²) in [7, 11) is 0. The van der Waals surface area contributed by atoms with E-state index in [4.69, 9.17) is 15.7 Å². The topological polar surface area (TPSA) is 132 Å². The molecule has 3 N–H and O–H groups in total. The second-order valence-electron chi connectivity index (χ2n) is 6.94. The van der Waals surface area contributed by atoms with Crippen LogP contribution in [0.2, 0.25) is 0 Å². The molecule has 0 bridgehead atoms. The number of carbonyl (C=O) groups is 1. The van der Waals surface area contributed by atoms with Crippen molar-refractivity contribution in [2.75, 3.05) is 5.73 Å². The number of benzene rings is 1. The molecule has 0 fully saturated rings. The average Bonchev–Trinajstić information content (AvgIpc) is 3.31. The number of nitriles is 1. The van der Waals surface area contributed by atoms with Crippen molar-refractivity contribution in [1.29, 1.82) is 5.26 Å². The molecular formula is C21H18N6O3. The molecular weight excluding hydrogens is 384 g/mol. The fourth-order valence-corrected chi connectivity index (χ4v) is 3.14. The Morgan fingerprint density at radius 1 is 1.23 bits per heavy atom. The number of nitrogens with one attached hydrogen (secondary N) is 1. The first-order chi connectivity index (χ1) is 14.4. The molecule has 0 saturated carbocycles. The number of carbonyl (C=O) groups excluding carboxylic acids is 1. The van der Waals surface area contributed by atoms with E-state index in [1.165, 1.54) is 16.8 Å². The van der Waals surface area contributed by atoms with Gasteiger partial charge in [0, 0.05) is 11.5 Å². The van der Waals surface area contributed by atoms with Crippen LogP contribution in [-0.2, 0) is 0 Å². The van der Waals surface area contributed by atoms with E-state index in [1.807, 2.05) is 19.9 Å². The number of fused-ring (bicyclic) bond motifs is 1. The maximum atomic E-state index is 12.8. The lowest BCUT2D eigenvalue weighted by atomic mass is 10.2. The highest BCUT2D eigenvalue weighted by atomic mass is 16.5. The van der Waals surface area contributed by atoms with Crippen molar-refractivity contribution in [3.8, 4) is 17.5 Å². The molecule has 0 aliphatic heterocycles. The molecule has 9 nitrogen and oxygen atoms in total. The van der Waals surface area contributed by atoms with Gasteiger partial charge in [0.15, 0.2) is 5.82 Å². The minimum Gasteiger partial charge on any atom is -0.491 e. The molecule has 4 rings (SSSR count). The van der Waals surface area contributed by atoms with Gasteiger partial charge in [-0.25, -0.2) is 0 Å². The SMILES string of the molecule is CC(C)Oc1ccc(-n2c(=O)ccc3cc(C(=O)n4cc(C#N)c(N)n4)[nH]c32)cc1.